The molecule has 0 saturated heterocycles. The van der Waals surface area contributed by atoms with Crippen molar-refractivity contribution in [3.05, 3.63) is 39.5 Å². The van der Waals surface area contributed by atoms with Gasteiger partial charge in [0.2, 0.25) is 0 Å². The fraction of sp³-hybridized carbons (Fsp3) is 0.333. The molecule has 5 heteroatoms. The summed E-state index contributed by atoms with van der Waals surface area (Å²) < 4.78 is 13.2. The minimum Gasteiger partial charge on any atom is -0.257 e. The van der Waals surface area contributed by atoms with E-state index in [4.69, 9.17) is 11.6 Å². The zero-order valence-corrected chi connectivity index (χ0v) is 8.46. The summed E-state index contributed by atoms with van der Waals surface area (Å²) in [6, 6.07) is 4.41. The monoisotopic (exact) mass is 216 g/mol. The largest absolute Gasteiger partial charge is 0.257 e. The smallest absolute Gasteiger partial charge is 0.129 e. The Kier molecular flexibility index (Phi) is 3.83. The van der Waals surface area contributed by atoms with Gasteiger partial charge in [-0.15, -0.1) is 4.91 Å². The van der Waals surface area contributed by atoms with E-state index in [2.05, 4.69) is 5.29 Å². The maximum atomic E-state index is 13.2. The molecule has 3 nitrogen and oxygen atoms in total. The Morgan fingerprint density at radius 2 is 2.29 bits per heavy atom. The second kappa shape index (κ2) is 4.91. The summed E-state index contributed by atoms with van der Waals surface area (Å²) in [7, 11) is 0. The van der Waals surface area contributed by atoms with E-state index in [1.54, 1.807) is 13.0 Å². The van der Waals surface area contributed by atoms with Crippen LogP contribution in [-0.4, -0.2) is 11.6 Å². The Bertz CT molecular complexity index is 312. The van der Waals surface area contributed by atoms with E-state index in [1.165, 1.54) is 17.1 Å². The molecule has 0 aliphatic heterocycles. The molecule has 0 amide bonds. The fourth-order valence-corrected chi connectivity index (χ4v) is 1.29. The first-order valence-electron chi connectivity index (χ1n) is 4.20. The molecule has 1 aromatic carbocycles. The molecule has 0 atom stereocenters. The van der Waals surface area contributed by atoms with Crippen LogP contribution >= 0.6 is 11.6 Å². The standard InChI is InChI=1S/C9H10ClFN2O/c1-2-13(12-14)6-7-8(10)4-3-5-9(7)11/h3-5H,2,6H2,1H3. The highest BCUT2D eigenvalue weighted by atomic mass is 35.5. The lowest BCUT2D eigenvalue weighted by atomic mass is 10.2. The second-order valence-corrected chi connectivity index (χ2v) is 3.17. The van der Waals surface area contributed by atoms with Gasteiger partial charge in [0.05, 0.1) is 11.8 Å². The van der Waals surface area contributed by atoms with Gasteiger partial charge in [0.25, 0.3) is 0 Å². The molecule has 0 aliphatic carbocycles. The Hall–Kier alpha value is -1.16. The van der Waals surface area contributed by atoms with Gasteiger partial charge in [-0.3, -0.25) is 5.01 Å². The van der Waals surface area contributed by atoms with Crippen LogP contribution in [0.2, 0.25) is 5.02 Å². The summed E-state index contributed by atoms with van der Waals surface area (Å²) in [5.41, 5.74) is 0.301. The quantitative estimate of drug-likeness (QED) is 0.573. The van der Waals surface area contributed by atoms with Gasteiger partial charge >= 0.3 is 0 Å². The van der Waals surface area contributed by atoms with E-state index in [1.807, 2.05) is 0 Å². The van der Waals surface area contributed by atoms with E-state index < -0.39 is 5.82 Å². The second-order valence-electron chi connectivity index (χ2n) is 2.76. The number of nitrogens with zero attached hydrogens (tertiary/aromatic N) is 2. The lowest BCUT2D eigenvalue weighted by molar-refractivity contribution is 0.286. The van der Waals surface area contributed by atoms with E-state index in [0.29, 0.717) is 17.1 Å². The van der Waals surface area contributed by atoms with Crippen molar-refractivity contribution < 1.29 is 4.39 Å². The first kappa shape index (κ1) is 10.9. The van der Waals surface area contributed by atoms with Gasteiger partial charge in [-0.25, -0.2) is 4.39 Å². The molecular formula is C9H10ClFN2O. The molecule has 0 fully saturated rings. The van der Waals surface area contributed by atoms with Gasteiger partial charge in [0.15, 0.2) is 0 Å². The van der Waals surface area contributed by atoms with Crippen LogP contribution in [0.1, 0.15) is 12.5 Å². The van der Waals surface area contributed by atoms with E-state index in [-0.39, 0.29) is 6.54 Å². The van der Waals surface area contributed by atoms with Crippen molar-refractivity contribution in [2.75, 3.05) is 6.54 Å². The molecule has 0 N–H and O–H groups in total. The highest BCUT2D eigenvalue weighted by Gasteiger charge is 2.10. The van der Waals surface area contributed by atoms with Crippen LogP contribution in [0.3, 0.4) is 0 Å². The van der Waals surface area contributed by atoms with E-state index in [0.717, 1.165) is 0 Å². The van der Waals surface area contributed by atoms with Gasteiger partial charge < -0.3 is 0 Å². The zero-order valence-electron chi connectivity index (χ0n) is 7.70. The molecule has 0 radical (unpaired) electrons. The molecule has 1 aromatic rings. The summed E-state index contributed by atoms with van der Waals surface area (Å²) >= 11 is 5.78. The van der Waals surface area contributed by atoms with E-state index >= 15 is 0 Å². The van der Waals surface area contributed by atoms with Crippen molar-refractivity contribution in [2.45, 2.75) is 13.5 Å². The highest BCUT2D eigenvalue weighted by molar-refractivity contribution is 6.31. The lowest BCUT2D eigenvalue weighted by Crippen LogP contribution is -2.16. The third kappa shape index (κ3) is 2.42. The molecule has 0 saturated carbocycles. The molecule has 0 aliphatic rings. The predicted octanol–water partition coefficient (Wildman–Crippen LogP) is 2.98. The van der Waals surface area contributed by atoms with Crippen LogP contribution in [0.15, 0.2) is 23.5 Å². The predicted molar refractivity (Wildman–Crippen MR) is 53.3 cm³/mol. The molecule has 14 heavy (non-hydrogen) atoms. The van der Waals surface area contributed by atoms with Crippen molar-refractivity contribution >= 4 is 11.6 Å². The Morgan fingerprint density at radius 1 is 1.57 bits per heavy atom. The maximum absolute atomic E-state index is 13.2. The van der Waals surface area contributed by atoms with Crippen LogP contribution in [0.5, 0.6) is 0 Å². The molecule has 0 unspecified atom stereocenters. The summed E-state index contributed by atoms with van der Waals surface area (Å²) in [4.78, 5) is 10.3. The minimum absolute atomic E-state index is 0.103. The number of rotatable bonds is 4. The SMILES string of the molecule is CCN(Cc1c(F)cccc1Cl)N=O. The van der Waals surface area contributed by atoms with Crippen LogP contribution in [-0.2, 0) is 6.54 Å². The zero-order chi connectivity index (χ0) is 10.6. The minimum atomic E-state index is -0.417. The average molecular weight is 217 g/mol. The molecule has 76 valence electrons. The van der Waals surface area contributed by atoms with Crippen molar-refractivity contribution in [1.82, 2.24) is 5.01 Å². The first-order valence-corrected chi connectivity index (χ1v) is 4.58. The first-order chi connectivity index (χ1) is 6.69. The number of halogens is 2. The van der Waals surface area contributed by atoms with Crippen LogP contribution in [0.4, 0.5) is 4.39 Å². The summed E-state index contributed by atoms with van der Waals surface area (Å²) in [6.07, 6.45) is 0. The van der Waals surface area contributed by atoms with Crippen LogP contribution in [0.25, 0.3) is 0 Å². The number of benzene rings is 1. The van der Waals surface area contributed by atoms with Crippen LogP contribution in [0, 0.1) is 10.7 Å². The lowest BCUT2D eigenvalue weighted by Gasteiger charge is -2.13. The topological polar surface area (TPSA) is 32.7 Å². The van der Waals surface area contributed by atoms with E-state index in [9.17, 15) is 9.30 Å². The Labute approximate surface area is 86.4 Å². The van der Waals surface area contributed by atoms with Gasteiger partial charge in [0.1, 0.15) is 5.82 Å². The summed E-state index contributed by atoms with van der Waals surface area (Å²) in [5, 5.41) is 4.25. The highest BCUT2D eigenvalue weighted by Crippen LogP contribution is 2.20. The van der Waals surface area contributed by atoms with Crippen molar-refractivity contribution in [2.24, 2.45) is 5.29 Å². The maximum Gasteiger partial charge on any atom is 0.129 e. The van der Waals surface area contributed by atoms with Crippen molar-refractivity contribution in [3.8, 4) is 0 Å². The Morgan fingerprint density at radius 3 is 2.79 bits per heavy atom. The number of hydrogen-bond donors (Lipinski definition) is 0. The van der Waals surface area contributed by atoms with Crippen molar-refractivity contribution in [1.29, 1.82) is 0 Å². The molecule has 0 bridgehead atoms. The Balaban J connectivity index is 2.89. The molecule has 0 spiro atoms. The molecule has 1 rings (SSSR count). The van der Waals surface area contributed by atoms with Gasteiger partial charge in [-0.05, 0) is 19.1 Å². The third-order valence-corrected chi connectivity index (χ3v) is 2.24. The molecule has 0 aromatic heterocycles. The molecular weight excluding hydrogens is 207 g/mol. The van der Waals surface area contributed by atoms with Gasteiger partial charge in [-0.2, -0.15) is 0 Å². The summed E-state index contributed by atoms with van der Waals surface area (Å²) in [5.74, 6) is -0.417. The van der Waals surface area contributed by atoms with Gasteiger partial charge in [0, 0.05) is 17.1 Å². The summed E-state index contributed by atoms with van der Waals surface area (Å²) in [6.45, 7) is 2.29. The van der Waals surface area contributed by atoms with Crippen molar-refractivity contribution in [3.63, 3.8) is 0 Å². The average Bonchev–Trinajstić information content (AvgIpc) is 2.18. The number of hydrogen-bond acceptors (Lipinski definition) is 2. The fourth-order valence-electron chi connectivity index (χ4n) is 1.06. The normalized spacial score (nSPS) is 9.93. The molecule has 0 heterocycles. The number of nitroso groups, excluding NO2 is 1. The van der Waals surface area contributed by atoms with Gasteiger partial charge in [-0.1, -0.05) is 17.7 Å². The van der Waals surface area contributed by atoms with Crippen LogP contribution < -0.4 is 0 Å². The third-order valence-electron chi connectivity index (χ3n) is 1.88.